The lowest BCUT2D eigenvalue weighted by Gasteiger charge is -2.13. The third kappa shape index (κ3) is 4.27. The van der Waals surface area contributed by atoms with Crippen LogP contribution in [0.5, 0.6) is 0 Å². The summed E-state index contributed by atoms with van der Waals surface area (Å²) in [5.41, 5.74) is 1.08. The molecule has 3 aromatic rings. The standard InChI is InChI=1S/C18H13Cl3FN3O2S/c1-9(17(26)27-2)28-18-24-23-16(12-5-3-10(19)7-13(12)20)25(18)11-4-6-15(22)14(21)8-11/h3-9H,1-2H3/t9-/m0/s1. The van der Waals surface area contributed by atoms with Crippen molar-refractivity contribution in [1.82, 2.24) is 14.8 Å². The fourth-order valence-corrected chi connectivity index (χ4v) is 3.98. The number of benzene rings is 2. The molecule has 0 aliphatic rings. The first-order chi connectivity index (χ1) is 13.3. The van der Waals surface area contributed by atoms with Crippen LogP contribution in [-0.2, 0) is 9.53 Å². The van der Waals surface area contributed by atoms with Gasteiger partial charge in [-0.25, -0.2) is 4.39 Å². The molecule has 0 spiro atoms. The topological polar surface area (TPSA) is 57.0 Å². The number of hydrogen-bond acceptors (Lipinski definition) is 5. The SMILES string of the molecule is COC(=O)[C@H](C)Sc1nnc(-c2ccc(Cl)cc2Cl)n1-c1ccc(F)c(Cl)c1. The minimum atomic E-state index is -0.554. The Morgan fingerprint density at radius 2 is 1.89 bits per heavy atom. The summed E-state index contributed by atoms with van der Waals surface area (Å²) in [5, 5.41) is 9.03. The molecule has 5 nitrogen and oxygen atoms in total. The van der Waals surface area contributed by atoms with Crippen LogP contribution in [0.3, 0.4) is 0 Å². The van der Waals surface area contributed by atoms with Gasteiger partial charge in [0.1, 0.15) is 11.1 Å². The maximum absolute atomic E-state index is 13.7. The summed E-state index contributed by atoms with van der Waals surface area (Å²) in [7, 11) is 1.31. The van der Waals surface area contributed by atoms with Crippen molar-refractivity contribution in [3.63, 3.8) is 0 Å². The van der Waals surface area contributed by atoms with E-state index in [0.29, 0.717) is 32.3 Å². The number of halogens is 4. The molecule has 1 atom stereocenters. The van der Waals surface area contributed by atoms with E-state index < -0.39 is 17.0 Å². The third-order valence-corrected chi connectivity index (χ3v) is 5.64. The Labute approximate surface area is 179 Å². The Morgan fingerprint density at radius 1 is 1.14 bits per heavy atom. The van der Waals surface area contributed by atoms with E-state index in [0.717, 1.165) is 11.8 Å². The van der Waals surface area contributed by atoms with E-state index in [9.17, 15) is 9.18 Å². The van der Waals surface area contributed by atoms with Crippen molar-refractivity contribution in [2.45, 2.75) is 17.3 Å². The minimum Gasteiger partial charge on any atom is -0.468 e. The Bertz CT molecular complexity index is 1040. The van der Waals surface area contributed by atoms with E-state index in [4.69, 9.17) is 39.5 Å². The van der Waals surface area contributed by atoms with Crippen molar-refractivity contribution in [2.75, 3.05) is 7.11 Å². The lowest BCUT2D eigenvalue weighted by molar-refractivity contribution is -0.139. The number of carbonyl (C=O) groups excluding carboxylic acids is 1. The van der Waals surface area contributed by atoms with Crippen LogP contribution >= 0.6 is 46.6 Å². The molecule has 146 valence electrons. The molecule has 0 fully saturated rings. The van der Waals surface area contributed by atoms with Crippen LogP contribution in [0, 0.1) is 5.82 Å². The van der Waals surface area contributed by atoms with E-state index in [1.54, 1.807) is 29.7 Å². The number of hydrogen-bond donors (Lipinski definition) is 0. The van der Waals surface area contributed by atoms with E-state index in [2.05, 4.69) is 10.2 Å². The van der Waals surface area contributed by atoms with Crippen molar-refractivity contribution in [3.8, 4) is 17.1 Å². The molecule has 0 unspecified atom stereocenters. The zero-order valence-corrected chi connectivity index (χ0v) is 17.7. The average molecular weight is 461 g/mol. The first kappa shape index (κ1) is 20.9. The van der Waals surface area contributed by atoms with Gasteiger partial charge in [0, 0.05) is 10.6 Å². The predicted octanol–water partition coefficient (Wildman–Crippen LogP) is 5.69. The molecule has 2 aromatic carbocycles. The van der Waals surface area contributed by atoms with Gasteiger partial charge < -0.3 is 4.74 Å². The maximum Gasteiger partial charge on any atom is 0.318 e. The zero-order valence-electron chi connectivity index (χ0n) is 14.6. The summed E-state index contributed by atoms with van der Waals surface area (Å²) in [6, 6.07) is 9.17. The zero-order chi connectivity index (χ0) is 20.4. The quantitative estimate of drug-likeness (QED) is 0.362. The summed E-state index contributed by atoms with van der Waals surface area (Å²) in [6.45, 7) is 1.68. The van der Waals surface area contributed by atoms with Gasteiger partial charge in [-0.1, -0.05) is 46.6 Å². The maximum atomic E-state index is 13.7. The number of esters is 1. The third-order valence-electron chi connectivity index (χ3n) is 3.78. The van der Waals surface area contributed by atoms with Crippen LogP contribution in [0.1, 0.15) is 6.92 Å². The molecule has 0 radical (unpaired) electrons. The number of rotatable bonds is 5. The Kier molecular flexibility index (Phi) is 6.50. The van der Waals surface area contributed by atoms with Crippen LogP contribution in [-0.4, -0.2) is 33.1 Å². The van der Waals surface area contributed by atoms with Crippen LogP contribution in [0.2, 0.25) is 15.1 Å². The van der Waals surface area contributed by atoms with Crippen molar-refractivity contribution in [2.24, 2.45) is 0 Å². The Morgan fingerprint density at radius 3 is 2.54 bits per heavy atom. The van der Waals surface area contributed by atoms with Gasteiger partial charge in [0.25, 0.3) is 0 Å². The first-order valence-corrected chi connectivity index (χ1v) is 9.94. The van der Waals surface area contributed by atoms with Crippen LogP contribution in [0.25, 0.3) is 17.1 Å². The van der Waals surface area contributed by atoms with Gasteiger partial charge in [0.2, 0.25) is 0 Å². The molecular weight excluding hydrogens is 448 g/mol. The highest BCUT2D eigenvalue weighted by molar-refractivity contribution is 8.00. The summed E-state index contributed by atoms with van der Waals surface area (Å²) in [5.74, 6) is -0.576. The Balaban J connectivity index is 2.17. The number of aromatic nitrogens is 3. The molecule has 3 rings (SSSR count). The van der Waals surface area contributed by atoms with Gasteiger partial charge in [0.05, 0.1) is 22.8 Å². The molecule has 28 heavy (non-hydrogen) atoms. The normalized spacial score (nSPS) is 12.1. The molecule has 0 bridgehead atoms. The van der Waals surface area contributed by atoms with Crippen molar-refractivity contribution in [1.29, 1.82) is 0 Å². The second kappa shape index (κ2) is 8.69. The van der Waals surface area contributed by atoms with Crippen molar-refractivity contribution >= 4 is 52.5 Å². The molecule has 0 amide bonds. The van der Waals surface area contributed by atoms with Gasteiger partial charge in [0.15, 0.2) is 11.0 Å². The van der Waals surface area contributed by atoms with Gasteiger partial charge in [-0.15, -0.1) is 10.2 Å². The summed E-state index contributed by atoms with van der Waals surface area (Å²) >= 11 is 19.4. The van der Waals surface area contributed by atoms with Gasteiger partial charge in [-0.05, 0) is 43.3 Å². The Hall–Kier alpha value is -1.80. The average Bonchev–Trinajstić information content (AvgIpc) is 3.06. The summed E-state index contributed by atoms with van der Waals surface area (Å²) in [6.07, 6.45) is 0. The van der Waals surface area contributed by atoms with Gasteiger partial charge in [-0.3, -0.25) is 9.36 Å². The highest BCUT2D eigenvalue weighted by Gasteiger charge is 2.23. The second-order valence-electron chi connectivity index (χ2n) is 5.65. The molecule has 0 N–H and O–H groups in total. The van der Waals surface area contributed by atoms with Gasteiger partial charge in [-0.2, -0.15) is 0 Å². The van der Waals surface area contributed by atoms with E-state index in [1.165, 1.54) is 25.3 Å². The smallest absolute Gasteiger partial charge is 0.318 e. The van der Waals surface area contributed by atoms with Crippen LogP contribution in [0.4, 0.5) is 4.39 Å². The summed E-state index contributed by atoms with van der Waals surface area (Å²) in [4.78, 5) is 11.8. The van der Waals surface area contributed by atoms with Crippen LogP contribution in [0.15, 0.2) is 41.6 Å². The largest absolute Gasteiger partial charge is 0.468 e. The first-order valence-electron chi connectivity index (χ1n) is 7.92. The van der Waals surface area contributed by atoms with Crippen molar-refractivity contribution in [3.05, 3.63) is 57.3 Å². The molecule has 1 heterocycles. The molecule has 0 saturated heterocycles. The predicted molar refractivity (Wildman–Crippen MR) is 109 cm³/mol. The molecule has 0 aliphatic heterocycles. The van der Waals surface area contributed by atoms with E-state index >= 15 is 0 Å². The van der Waals surface area contributed by atoms with Gasteiger partial charge >= 0.3 is 5.97 Å². The number of carbonyl (C=O) groups is 1. The number of ether oxygens (including phenoxy) is 1. The number of nitrogens with zero attached hydrogens (tertiary/aromatic N) is 3. The lowest BCUT2D eigenvalue weighted by atomic mass is 10.2. The second-order valence-corrected chi connectivity index (χ2v) is 8.21. The molecule has 10 heteroatoms. The highest BCUT2D eigenvalue weighted by atomic mass is 35.5. The van der Waals surface area contributed by atoms with E-state index in [-0.39, 0.29) is 5.02 Å². The molecule has 0 saturated carbocycles. The molecule has 0 aliphatic carbocycles. The fraction of sp³-hybridized carbons (Fsp3) is 0.167. The highest BCUT2D eigenvalue weighted by Crippen LogP contribution is 2.35. The molecular formula is C18H13Cl3FN3O2S. The van der Waals surface area contributed by atoms with Crippen molar-refractivity contribution < 1.29 is 13.9 Å². The fourth-order valence-electron chi connectivity index (χ4n) is 2.42. The van der Waals surface area contributed by atoms with Crippen LogP contribution < -0.4 is 0 Å². The number of thioether (sulfide) groups is 1. The lowest BCUT2D eigenvalue weighted by Crippen LogP contribution is -2.15. The summed E-state index contributed by atoms with van der Waals surface area (Å²) < 4.78 is 20.1. The minimum absolute atomic E-state index is 0.0590. The van der Waals surface area contributed by atoms with E-state index in [1.807, 2.05) is 0 Å². The monoisotopic (exact) mass is 459 g/mol. The molecule has 1 aromatic heterocycles. The number of methoxy groups -OCH3 is 1.